The van der Waals surface area contributed by atoms with E-state index in [-0.39, 0.29) is 11.1 Å². The highest BCUT2D eigenvalue weighted by Gasteiger charge is 2.23. The molecule has 3 aromatic rings. The normalized spacial score (nSPS) is 11.4. The van der Waals surface area contributed by atoms with Gasteiger partial charge in [-0.25, -0.2) is 17.6 Å². The third kappa shape index (κ3) is 3.59. The van der Waals surface area contributed by atoms with Crippen molar-refractivity contribution in [3.05, 3.63) is 65.6 Å². The van der Waals surface area contributed by atoms with E-state index in [4.69, 9.17) is 0 Å². The van der Waals surface area contributed by atoms with E-state index < -0.39 is 32.6 Å². The first kappa shape index (κ1) is 19.5. The average molecular weight is 405 g/mol. The number of amides is 1. The van der Waals surface area contributed by atoms with E-state index >= 15 is 0 Å². The van der Waals surface area contributed by atoms with Gasteiger partial charge >= 0.3 is 5.97 Å². The number of hydrogen-bond donors (Lipinski definition) is 2. The molecule has 0 aliphatic carbocycles. The van der Waals surface area contributed by atoms with Crippen LogP contribution >= 0.6 is 0 Å². The number of carbonyl (C=O) groups excluding carboxylic acids is 2. The number of hydrazine groups is 1. The van der Waals surface area contributed by atoms with Gasteiger partial charge < -0.3 is 9.30 Å². The minimum Gasteiger partial charge on any atom is -0.465 e. The third-order valence-electron chi connectivity index (χ3n) is 4.08. The second-order valence-corrected chi connectivity index (χ2v) is 7.52. The van der Waals surface area contributed by atoms with Crippen molar-refractivity contribution in [1.82, 2.24) is 14.8 Å². The number of para-hydroxylation sites is 1. The summed E-state index contributed by atoms with van der Waals surface area (Å²) >= 11 is 0. The molecule has 0 atom stereocenters. The quantitative estimate of drug-likeness (QED) is 0.497. The van der Waals surface area contributed by atoms with Gasteiger partial charge in [-0.2, -0.15) is 0 Å². The molecule has 0 aliphatic rings. The summed E-state index contributed by atoms with van der Waals surface area (Å²) < 4.78 is 45.0. The number of methoxy groups -OCH3 is 1. The second kappa shape index (κ2) is 7.41. The lowest BCUT2D eigenvalue weighted by Gasteiger charge is -2.10. The van der Waals surface area contributed by atoms with Crippen LogP contribution in [0.2, 0.25) is 0 Å². The number of halogens is 1. The predicted molar refractivity (Wildman–Crippen MR) is 98.4 cm³/mol. The van der Waals surface area contributed by atoms with Crippen molar-refractivity contribution in [1.29, 1.82) is 0 Å². The van der Waals surface area contributed by atoms with E-state index in [1.54, 1.807) is 29.9 Å². The summed E-state index contributed by atoms with van der Waals surface area (Å²) in [4.78, 5) is 25.0. The number of aromatic nitrogens is 1. The van der Waals surface area contributed by atoms with Crippen LogP contribution in [0.5, 0.6) is 0 Å². The van der Waals surface area contributed by atoms with Crippen LogP contribution in [0.1, 0.15) is 20.7 Å². The van der Waals surface area contributed by atoms with Crippen LogP contribution in [0.25, 0.3) is 10.9 Å². The number of ether oxygens (including phenoxy) is 1. The van der Waals surface area contributed by atoms with E-state index in [2.05, 4.69) is 10.2 Å². The Labute approximate surface area is 159 Å². The molecule has 2 aromatic carbocycles. The summed E-state index contributed by atoms with van der Waals surface area (Å²) in [6, 6.07) is 9.83. The number of sulfonamides is 1. The standard InChI is InChI=1S/C18H16FN3O5S/c1-22-10-13(12-5-3-4-6-15(12)22)17(23)20-21-28(25,26)16-9-11(18(24)27-2)7-8-14(16)19/h3-10,21H,1-2H3,(H,20,23). The largest absolute Gasteiger partial charge is 0.465 e. The van der Waals surface area contributed by atoms with Gasteiger partial charge in [-0.15, -0.1) is 4.83 Å². The van der Waals surface area contributed by atoms with Crippen molar-refractivity contribution in [2.75, 3.05) is 7.11 Å². The Morgan fingerprint density at radius 2 is 1.86 bits per heavy atom. The van der Waals surface area contributed by atoms with Gasteiger partial charge in [0.15, 0.2) is 0 Å². The molecule has 146 valence electrons. The fourth-order valence-corrected chi connectivity index (χ4v) is 3.66. The fraction of sp³-hybridized carbons (Fsp3) is 0.111. The molecule has 3 rings (SSSR count). The lowest BCUT2D eigenvalue weighted by molar-refractivity contribution is 0.0600. The topological polar surface area (TPSA) is 106 Å². The van der Waals surface area contributed by atoms with E-state index in [0.717, 1.165) is 30.8 Å². The number of fused-ring (bicyclic) bond motifs is 1. The molecule has 1 aromatic heterocycles. The highest BCUT2D eigenvalue weighted by atomic mass is 32.2. The molecule has 8 nitrogen and oxygen atoms in total. The summed E-state index contributed by atoms with van der Waals surface area (Å²) in [7, 11) is -1.62. The van der Waals surface area contributed by atoms with Gasteiger partial charge in [-0.3, -0.25) is 10.2 Å². The summed E-state index contributed by atoms with van der Waals surface area (Å²) in [5.41, 5.74) is 2.94. The summed E-state index contributed by atoms with van der Waals surface area (Å²) in [6.07, 6.45) is 1.55. The summed E-state index contributed by atoms with van der Waals surface area (Å²) in [5.74, 6) is -2.62. The van der Waals surface area contributed by atoms with Crippen LogP contribution in [0.15, 0.2) is 53.6 Å². The van der Waals surface area contributed by atoms with Crippen LogP contribution in [-0.4, -0.2) is 32.0 Å². The molecule has 0 saturated heterocycles. The highest BCUT2D eigenvalue weighted by molar-refractivity contribution is 7.89. The van der Waals surface area contributed by atoms with Crippen LogP contribution in [0.4, 0.5) is 4.39 Å². The van der Waals surface area contributed by atoms with Crippen LogP contribution in [-0.2, 0) is 21.8 Å². The number of carbonyl (C=O) groups is 2. The Hall–Kier alpha value is -3.24. The zero-order chi connectivity index (χ0) is 20.5. The number of benzene rings is 2. The minimum atomic E-state index is -4.48. The molecule has 1 heterocycles. The molecule has 2 N–H and O–H groups in total. The van der Waals surface area contributed by atoms with E-state index in [0.29, 0.717) is 5.39 Å². The number of hydrogen-bond acceptors (Lipinski definition) is 5. The van der Waals surface area contributed by atoms with Crippen molar-refractivity contribution >= 4 is 32.8 Å². The lowest BCUT2D eigenvalue weighted by atomic mass is 10.2. The first-order valence-corrected chi connectivity index (χ1v) is 9.47. The Kier molecular flexibility index (Phi) is 5.16. The highest BCUT2D eigenvalue weighted by Crippen LogP contribution is 2.20. The van der Waals surface area contributed by atoms with Crippen molar-refractivity contribution in [3.8, 4) is 0 Å². The van der Waals surface area contributed by atoms with Gasteiger partial charge in [-0.05, 0) is 24.3 Å². The molecule has 0 aliphatic heterocycles. The molecular formula is C18H16FN3O5S. The molecule has 0 radical (unpaired) electrons. The molecule has 0 unspecified atom stereocenters. The maximum absolute atomic E-state index is 14.0. The average Bonchev–Trinajstić information content (AvgIpc) is 3.03. The third-order valence-corrected chi connectivity index (χ3v) is 5.35. The van der Waals surface area contributed by atoms with Crippen LogP contribution in [0, 0.1) is 5.82 Å². The predicted octanol–water partition coefficient (Wildman–Crippen LogP) is 1.73. The fourth-order valence-electron chi connectivity index (χ4n) is 2.71. The molecule has 1 amide bonds. The lowest BCUT2D eigenvalue weighted by Crippen LogP contribution is -2.41. The van der Waals surface area contributed by atoms with E-state index in [1.165, 1.54) is 0 Å². The Morgan fingerprint density at radius 1 is 1.14 bits per heavy atom. The van der Waals surface area contributed by atoms with Gasteiger partial charge in [-0.1, -0.05) is 18.2 Å². The second-order valence-electron chi connectivity index (χ2n) is 5.87. The SMILES string of the molecule is COC(=O)c1ccc(F)c(S(=O)(=O)NNC(=O)c2cn(C)c3ccccc23)c1. The Balaban J connectivity index is 1.85. The van der Waals surface area contributed by atoms with Crippen molar-refractivity contribution in [2.24, 2.45) is 7.05 Å². The molecule has 0 saturated carbocycles. The number of nitrogens with one attached hydrogen (secondary N) is 2. The van der Waals surface area contributed by atoms with E-state index in [9.17, 15) is 22.4 Å². The summed E-state index contributed by atoms with van der Waals surface area (Å²) in [6.45, 7) is 0. The number of esters is 1. The van der Waals surface area contributed by atoms with Crippen molar-refractivity contribution in [2.45, 2.75) is 4.90 Å². The molecule has 0 fully saturated rings. The number of rotatable bonds is 5. The van der Waals surface area contributed by atoms with Gasteiger partial charge in [0.25, 0.3) is 15.9 Å². The van der Waals surface area contributed by atoms with E-state index in [1.807, 2.05) is 17.0 Å². The monoisotopic (exact) mass is 405 g/mol. The Bertz CT molecular complexity index is 1190. The first-order chi connectivity index (χ1) is 13.2. The maximum Gasteiger partial charge on any atom is 0.337 e. The van der Waals surface area contributed by atoms with Gasteiger partial charge in [0.2, 0.25) is 0 Å². The molecular weight excluding hydrogens is 389 g/mol. The molecule has 28 heavy (non-hydrogen) atoms. The minimum absolute atomic E-state index is 0.148. The smallest absolute Gasteiger partial charge is 0.337 e. The summed E-state index contributed by atoms with van der Waals surface area (Å²) in [5, 5.41) is 0.626. The molecule has 10 heteroatoms. The zero-order valence-electron chi connectivity index (χ0n) is 14.9. The maximum atomic E-state index is 14.0. The van der Waals surface area contributed by atoms with Crippen LogP contribution < -0.4 is 10.3 Å². The Morgan fingerprint density at radius 3 is 2.57 bits per heavy atom. The molecule has 0 spiro atoms. The van der Waals surface area contributed by atoms with Gasteiger partial charge in [0.05, 0.1) is 18.2 Å². The molecule has 0 bridgehead atoms. The van der Waals surface area contributed by atoms with Gasteiger partial charge in [0, 0.05) is 24.1 Å². The van der Waals surface area contributed by atoms with Crippen LogP contribution in [0.3, 0.4) is 0 Å². The van der Waals surface area contributed by atoms with Gasteiger partial charge in [0.1, 0.15) is 10.7 Å². The first-order valence-electron chi connectivity index (χ1n) is 7.98. The number of nitrogens with zero attached hydrogens (tertiary/aromatic N) is 1. The zero-order valence-corrected chi connectivity index (χ0v) is 15.7. The van der Waals surface area contributed by atoms with Crippen molar-refractivity contribution < 1.29 is 27.1 Å². The number of aryl methyl sites for hydroxylation is 1. The van der Waals surface area contributed by atoms with Crippen molar-refractivity contribution in [3.63, 3.8) is 0 Å².